The first-order valence-corrected chi connectivity index (χ1v) is 12.2. The fraction of sp³-hybridized carbons (Fsp3) is 0.269. The minimum Gasteiger partial charge on any atom is -0.493 e. The van der Waals surface area contributed by atoms with E-state index in [1.165, 1.54) is 29.9 Å². The number of fused-ring (bicyclic) bond motifs is 1. The number of hydrogen-bond donors (Lipinski definition) is 2. The molecule has 0 bridgehead atoms. The summed E-state index contributed by atoms with van der Waals surface area (Å²) in [6.07, 6.45) is 4.91. The minimum absolute atomic E-state index is 0.00852. The van der Waals surface area contributed by atoms with Crippen LogP contribution in [-0.4, -0.2) is 43.7 Å². The Hall–Kier alpha value is -3.85. The third kappa shape index (κ3) is 6.60. The lowest BCUT2D eigenvalue weighted by Gasteiger charge is -2.20. The SMILES string of the molecule is COc1cc(/C=C/C(=O)Nc2nc(-c3ccc(CCCNC(C)=O)cc3)cs2)cc2c1OCCO2. The Bertz CT molecular complexity index is 1200. The summed E-state index contributed by atoms with van der Waals surface area (Å²) in [6, 6.07) is 11.8. The molecule has 0 atom stereocenters. The lowest BCUT2D eigenvalue weighted by molar-refractivity contribution is -0.119. The summed E-state index contributed by atoms with van der Waals surface area (Å²) in [4.78, 5) is 27.9. The van der Waals surface area contributed by atoms with Crippen molar-refractivity contribution in [1.29, 1.82) is 0 Å². The van der Waals surface area contributed by atoms with Crippen molar-refractivity contribution in [2.45, 2.75) is 19.8 Å². The number of carbonyl (C=O) groups is 2. The molecule has 1 aromatic heterocycles. The number of hydrogen-bond acceptors (Lipinski definition) is 7. The van der Waals surface area contributed by atoms with E-state index >= 15 is 0 Å². The Kier molecular flexibility index (Phi) is 7.99. The number of nitrogens with zero attached hydrogens (tertiary/aromatic N) is 1. The van der Waals surface area contributed by atoms with Gasteiger partial charge >= 0.3 is 0 Å². The predicted molar refractivity (Wildman–Crippen MR) is 136 cm³/mol. The Morgan fingerprint density at radius 3 is 2.74 bits per heavy atom. The van der Waals surface area contributed by atoms with E-state index in [2.05, 4.69) is 27.8 Å². The van der Waals surface area contributed by atoms with Crippen molar-refractivity contribution in [2.75, 3.05) is 32.2 Å². The van der Waals surface area contributed by atoms with Crippen LogP contribution in [0.1, 0.15) is 24.5 Å². The quantitative estimate of drug-likeness (QED) is 0.340. The van der Waals surface area contributed by atoms with Crippen LogP contribution in [0.2, 0.25) is 0 Å². The van der Waals surface area contributed by atoms with Crippen molar-refractivity contribution < 1.29 is 23.8 Å². The second kappa shape index (κ2) is 11.5. The second-order valence-corrected chi connectivity index (χ2v) is 8.75. The summed E-state index contributed by atoms with van der Waals surface area (Å²) in [5.74, 6) is 1.44. The van der Waals surface area contributed by atoms with Crippen molar-refractivity contribution in [3.05, 3.63) is 59.0 Å². The lowest BCUT2D eigenvalue weighted by atomic mass is 10.1. The van der Waals surface area contributed by atoms with Crippen LogP contribution in [0.4, 0.5) is 5.13 Å². The number of rotatable bonds is 9. The predicted octanol–water partition coefficient (Wildman–Crippen LogP) is 4.31. The number of methoxy groups -OCH3 is 1. The number of anilines is 1. The first-order chi connectivity index (χ1) is 17.0. The highest BCUT2D eigenvalue weighted by atomic mass is 32.1. The molecular weight excluding hydrogens is 466 g/mol. The lowest BCUT2D eigenvalue weighted by Crippen LogP contribution is -2.21. The molecule has 0 aliphatic carbocycles. The number of thiazole rings is 1. The van der Waals surface area contributed by atoms with Gasteiger partial charge in [-0.2, -0.15) is 0 Å². The maximum atomic E-state index is 12.4. The molecule has 0 spiro atoms. The summed E-state index contributed by atoms with van der Waals surface area (Å²) < 4.78 is 16.6. The normalized spacial score (nSPS) is 12.4. The van der Waals surface area contributed by atoms with Crippen molar-refractivity contribution >= 4 is 34.4 Å². The average molecular weight is 494 g/mol. The number of ether oxygens (including phenoxy) is 3. The van der Waals surface area contributed by atoms with Crippen LogP contribution in [0.3, 0.4) is 0 Å². The number of nitrogens with one attached hydrogen (secondary N) is 2. The molecule has 9 heteroatoms. The van der Waals surface area contributed by atoms with Gasteiger partial charge in [-0.3, -0.25) is 14.9 Å². The molecule has 2 N–H and O–H groups in total. The first kappa shape index (κ1) is 24.3. The molecule has 8 nitrogen and oxygen atoms in total. The fourth-order valence-electron chi connectivity index (χ4n) is 3.57. The largest absolute Gasteiger partial charge is 0.493 e. The van der Waals surface area contributed by atoms with E-state index in [-0.39, 0.29) is 11.8 Å². The maximum Gasteiger partial charge on any atom is 0.250 e. The van der Waals surface area contributed by atoms with Gasteiger partial charge in [0.25, 0.3) is 0 Å². The molecule has 2 amide bonds. The zero-order chi connectivity index (χ0) is 24.6. The van der Waals surface area contributed by atoms with E-state index in [0.29, 0.717) is 42.1 Å². The van der Waals surface area contributed by atoms with Crippen LogP contribution < -0.4 is 24.8 Å². The smallest absolute Gasteiger partial charge is 0.250 e. The van der Waals surface area contributed by atoms with E-state index in [0.717, 1.165) is 29.7 Å². The Labute approximate surface area is 207 Å². The molecule has 1 aliphatic heterocycles. The van der Waals surface area contributed by atoms with Crippen LogP contribution in [0.15, 0.2) is 47.9 Å². The Morgan fingerprint density at radius 2 is 1.97 bits per heavy atom. The molecule has 3 aromatic rings. The molecule has 35 heavy (non-hydrogen) atoms. The molecular formula is C26H27N3O5S. The van der Waals surface area contributed by atoms with E-state index in [1.807, 2.05) is 23.6 Å². The maximum absolute atomic E-state index is 12.4. The van der Waals surface area contributed by atoms with Crippen molar-refractivity contribution in [2.24, 2.45) is 0 Å². The van der Waals surface area contributed by atoms with Crippen LogP contribution in [0.5, 0.6) is 17.2 Å². The van der Waals surface area contributed by atoms with Gasteiger partial charge in [-0.05, 0) is 42.2 Å². The summed E-state index contributed by atoms with van der Waals surface area (Å²) in [5, 5.41) is 8.05. The van der Waals surface area contributed by atoms with Gasteiger partial charge < -0.3 is 19.5 Å². The highest BCUT2D eigenvalue weighted by Gasteiger charge is 2.18. The molecule has 4 rings (SSSR count). The standard InChI is InChI=1S/C26H27N3O5S/c1-17(30)27-11-3-4-18-5-8-20(9-6-18)21-16-35-26(28-21)29-24(31)10-7-19-14-22(32-2)25-23(15-19)33-12-13-34-25/h5-10,14-16H,3-4,11-13H2,1-2H3,(H,27,30)(H,28,29,31)/b10-7+. The van der Waals surface area contributed by atoms with Gasteiger partial charge in [-0.25, -0.2) is 4.98 Å². The van der Waals surface area contributed by atoms with E-state index in [9.17, 15) is 9.59 Å². The fourth-order valence-corrected chi connectivity index (χ4v) is 4.29. The van der Waals surface area contributed by atoms with Crippen LogP contribution >= 0.6 is 11.3 Å². The third-order valence-corrected chi connectivity index (χ3v) is 6.04. The van der Waals surface area contributed by atoms with Gasteiger partial charge in [-0.15, -0.1) is 11.3 Å². The minimum atomic E-state index is -0.283. The molecule has 0 saturated carbocycles. The van der Waals surface area contributed by atoms with Gasteiger partial charge in [-0.1, -0.05) is 24.3 Å². The third-order valence-electron chi connectivity index (χ3n) is 5.28. The van der Waals surface area contributed by atoms with E-state index in [4.69, 9.17) is 14.2 Å². The van der Waals surface area contributed by atoms with Gasteiger partial charge in [0.2, 0.25) is 17.6 Å². The van der Waals surface area contributed by atoms with Crippen LogP contribution in [0, 0.1) is 0 Å². The number of aryl methyl sites for hydroxylation is 1. The van der Waals surface area contributed by atoms with Gasteiger partial charge in [0.15, 0.2) is 16.6 Å². The molecule has 1 aliphatic rings. The first-order valence-electron chi connectivity index (χ1n) is 11.3. The van der Waals surface area contributed by atoms with Gasteiger partial charge in [0.1, 0.15) is 13.2 Å². The summed E-state index contributed by atoms with van der Waals surface area (Å²) >= 11 is 1.37. The van der Waals surface area contributed by atoms with Gasteiger partial charge in [0.05, 0.1) is 12.8 Å². The molecule has 2 heterocycles. The molecule has 0 fully saturated rings. The summed E-state index contributed by atoms with van der Waals surface area (Å²) in [7, 11) is 1.57. The Balaban J connectivity index is 1.34. The van der Waals surface area contributed by atoms with Crippen molar-refractivity contribution in [3.63, 3.8) is 0 Å². The number of carbonyl (C=O) groups excluding carboxylic acids is 2. The van der Waals surface area contributed by atoms with Crippen molar-refractivity contribution in [1.82, 2.24) is 10.3 Å². The van der Waals surface area contributed by atoms with Crippen molar-refractivity contribution in [3.8, 4) is 28.5 Å². The molecule has 2 aromatic carbocycles. The zero-order valence-electron chi connectivity index (χ0n) is 19.6. The van der Waals surface area contributed by atoms with Crippen LogP contribution in [0.25, 0.3) is 17.3 Å². The zero-order valence-corrected chi connectivity index (χ0v) is 20.4. The van der Waals surface area contributed by atoms with E-state index < -0.39 is 0 Å². The average Bonchev–Trinajstić information content (AvgIpc) is 3.33. The topological polar surface area (TPSA) is 98.8 Å². The second-order valence-electron chi connectivity index (χ2n) is 7.89. The highest BCUT2D eigenvalue weighted by molar-refractivity contribution is 7.14. The monoisotopic (exact) mass is 493 g/mol. The van der Waals surface area contributed by atoms with Crippen LogP contribution in [-0.2, 0) is 16.0 Å². The summed E-state index contributed by atoms with van der Waals surface area (Å²) in [6.45, 7) is 3.13. The molecule has 0 unspecified atom stereocenters. The number of benzene rings is 2. The number of aromatic nitrogens is 1. The van der Waals surface area contributed by atoms with Gasteiger partial charge in [0, 0.05) is 30.5 Å². The number of amides is 2. The Morgan fingerprint density at radius 1 is 1.17 bits per heavy atom. The summed E-state index contributed by atoms with van der Waals surface area (Å²) in [5.41, 5.74) is 3.74. The molecule has 0 radical (unpaired) electrons. The molecule has 0 saturated heterocycles. The van der Waals surface area contributed by atoms with E-state index in [1.54, 1.807) is 19.3 Å². The molecule has 182 valence electrons. The highest BCUT2D eigenvalue weighted by Crippen LogP contribution is 2.40.